The monoisotopic (exact) mass is 248 g/mol. The molecule has 2 atom stereocenters. The summed E-state index contributed by atoms with van der Waals surface area (Å²) in [6, 6.07) is 7.81. The van der Waals surface area contributed by atoms with Crippen molar-refractivity contribution in [3.8, 4) is 5.75 Å². The van der Waals surface area contributed by atoms with Gasteiger partial charge in [-0.05, 0) is 32.8 Å². The summed E-state index contributed by atoms with van der Waals surface area (Å²) in [6.07, 6.45) is 1.66. The van der Waals surface area contributed by atoms with Crippen LogP contribution in [0.4, 0.5) is 0 Å². The maximum absolute atomic E-state index is 11.8. The first kappa shape index (κ1) is 12.9. The van der Waals surface area contributed by atoms with Crippen LogP contribution < -0.4 is 15.8 Å². The Morgan fingerprint density at radius 3 is 2.67 bits per heavy atom. The lowest BCUT2D eigenvalue weighted by atomic mass is 10.1. The van der Waals surface area contributed by atoms with Crippen LogP contribution in [0.5, 0.6) is 5.75 Å². The molecule has 4 heteroatoms. The van der Waals surface area contributed by atoms with Crippen molar-refractivity contribution in [3.05, 3.63) is 29.8 Å². The van der Waals surface area contributed by atoms with E-state index in [9.17, 15) is 4.79 Å². The summed E-state index contributed by atoms with van der Waals surface area (Å²) < 4.78 is 5.71. The third-order valence-electron chi connectivity index (χ3n) is 3.01. The maximum Gasteiger partial charge on any atom is 0.260 e. The van der Waals surface area contributed by atoms with Gasteiger partial charge in [-0.3, -0.25) is 4.79 Å². The number of nitrogens with one attached hydrogen (secondary N) is 1. The lowest BCUT2D eigenvalue weighted by Crippen LogP contribution is -2.37. The quantitative estimate of drug-likeness (QED) is 0.834. The van der Waals surface area contributed by atoms with E-state index in [0.29, 0.717) is 11.8 Å². The fourth-order valence-electron chi connectivity index (χ4n) is 1.75. The van der Waals surface area contributed by atoms with Crippen LogP contribution in [0, 0.1) is 0 Å². The van der Waals surface area contributed by atoms with Crippen molar-refractivity contribution in [3.63, 3.8) is 0 Å². The smallest absolute Gasteiger partial charge is 0.260 e. The zero-order valence-electron chi connectivity index (χ0n) is 10.8. The zero-order valence-corrected chi connectivity index (χ0v) is 10.8. The molecule has 0 bridgehead atoms. The number of nitrogens with two attached hydrogens (primary N) is 1. The van der Waals surface area contributed by atoms with Crippen molar-refractivity contribution in [2.45, 2.75) is 44.9 Å². The zero-order chi connectivity index (χ0) is 13.1. The maximum atomic E-state index is 11.8. The highest BCUT2D eigenvalue weighted by atomic mass is 16.5. The first-order valence-corrected chi connectivity index (χ1v) is 6.39. The Labute approximate surface area is 108 Å². The van der Waals surface area contributed by atoms with E-state index in [1.807, 2.05) is 31.2 Å². The van der Waals surface area contributed by atoms with Crippen LogP contribution >= 0.6 is 0 Å². The number of rotatable bonds is 5. The van der Waals surface area contributed by atoms with E-state index >= 15 is 0 Å². The summed E-state index contributed by atoms with van der Waals surface area (Å²) in [5.41, 5.74) is 6.80. The molecule has 0 aromatic heterocycles. The van der Waals surface area contributed by atoms with E-state index < -0.39 is 6.10 Å². The summed E-state index contributed by atoms with van der Waals surface area (Å²) in [7, 11) is 0. The molecule has 98 valence electrons. The van der Waals surface area contributed by atoms with E-state index in [1.165, 1.54) is 0 Å². The van der Waals surface area contributed by atoms with Crippen LogP contribution in [-0.4, -0.2) is 18.1 Å². The Morgan fingerprint density at radius 2 is 2.06 bits per heavy atom. The van der Waals surface area contributed by atoms with Gasteiger partial charge in [0.2, 0.25) is 0 Å². The Balaban J connectivity index is 2.01. The molecule has 4 nitrogen and oxygen atoms in total. The van der Waals surface area contributed by atoms with E-state index in [0.717, 1.165) is 18.4 Å². The molecule has 1 aliphatic rings. The van der Waals surface area contributed by atoms with Crippen molar-refractivity contribution in [2.75, 3.05) is 0 Å². The molecule has 18 heavy (non-hydrogen) atoms. The minimum Gasteiger partial charge on any atom is -0.481 e. The molecule has 1 amide bonds. The van der Waals surface area contributed by atoms with E-state index in [-0.39, 0.29) is 11.9 Å². The van der Waals surface area contributed by atoms with Gasteiger partial charge in [0.1, 0.15) is 5.75 Å². The van der Waals surface area contributed by atoms with Crippen molar-refractivity contribution in [1.82, 2.24) is 5.32 Å². The van der Waals surface area contributed by atoms with Crippen molar-refractivity contribution in [2.24, 2.45) is 5.73 Å². The average Bonchev–Trinajstić information content (AvgIpc) is 3.13. The Hall–Kier alpha value is -1.55. The SMILES string of the molecule is CC(Oc1ccccc1[C@H](C)N)C(=O)NC1CC1. The second kappa shape index (κ2) is 5.40. The predicted molar refractivity (Wildman–Crippen MR) is 70.3 cm³/mol. The van der Waals surface area contributed by atoms with E-state index in [2.05, 4.69) is 5.32 Å². The molecule has 1 aromatic carbocycles. The number of carbonyl (C=O) groups is 1. The standard InChI is InChI=1S/C14H20N2O2/c1-9(15)12-5-3-4-6-13(12)18-10(2)14(17)16-11-7-8-11/h3-6,9-11H,7-8,15H2,1-2H3,(H,16,17)/t9-,10?/m0/s1. The third kappa shape index (κ3) is 3.23. The van der Waals surface area contributed by atoms with Gasteiger partial charge in [-0.25, -0.2) is 0 Å². The molecular formula is C14H20N2O2. The van der Waals surface area contributed by atoms with Crippen molar-refractivity contribution in [1.29, 1.82) is 0 Å². The van der Waals surface area contributed by atoms with Crippen LogP contribution in [0.3, 0.4) is 0 Å². The number of hydrogen-bond acceptors (Lipinski definition) is 3. The van der Waals surface area contributed by atoms with Crippen LogP contribution in [0.15, 0.2) is 24.3 Å². The normalized spacial score (nSPS) is 17.9. The fraction of sp³-hybridized carbons (Fsp3) is 0.500. The third-order valence-corrected chi connectivity index (χ3v) is 3.01. The number of carbonyl (C=O) groups excluding carboxylic acids is 1. The number of amides is 1. The van der Waals surface area contributed by atoms with Gasteiger partial charge in [0.05, 0.1) is 0 Å². The van der Waals surface area contributed by atoms with Gasteiger partial charge in [-0.15, -0.1) is 0 Å². The van der Waals surface area contributed by atoms with Gasteiger partial charge in [0.25, 0.3) is 5.91 Å². The molecule has 0 heterocycles. The number of ether oxygens (including phenoxy) is 1. The Kier molecular flexibility index (Phi) is 3.87. The highest BCUT2D eigenvalue weighted by Gasteiger charge is 2.26. The van der Waals surface area contributed by atoms with Crippen LogP contribution in [-0.2, 0) is 4.79 Å². The lowest BCUT2D eigenvalue weighted by Gasteiger charge is -2.18. The van der Waals surface area contributed by atoms with Crippen molar-refractivity contribution < 1.29 is 9.53 Å². The highest BCUT2D eigenvalue weighted by Crippen LogP contribution is 2.24. The lowest BCUT2D eigenvalue weighted by molar-refractivity contribution is -0.127. The molecular weight excluding hydrogens is 228 g/mol. The molecule has 2 rings (SSSR count). The molecule has 1 saturated carbocycles. The van der Waals surface area contributed by atoms with Gasteiger partial charge in [0.15, 0.2) is 6.10 Å². The Bertz CT molecular complexity index is 428. The average molecular weight is 248 g/mol. The molecule has 1 aliphatic carbocycles. The largest absolute Gasteiger partial charge is 0.481 e. The number of hydrogen-bond donors (Lipinski definition) is 2. The van der Waals surface area contributed by atoms with Gasteiger partial charge < -0.3 is 15.8 Å². The van der Waals surface area contributed by atoms with Gasteiger partial charge >= 0.3 is 0 Å². The minimum absolute atomic E-state index is 0.0584. The van der Waals surface area contributed by atoms with Crippen LogP contribution in [0.1, 0.15) is 38.3 Å². The summed E-state index contributed by atoms with van der Waals surface area (Å²) in [6.45, 7) is 3.66. The Morgan fingerprint density at radius 1 is 1.39 bits per heavy atom. The topological polar surface area (TPSA) is 64.3 Å². The minimum atomic E-state index is -0.495. The summed E-state index contributed by atoms with van der Waals surface area (Å²) in [5, 5.41) is 2.93. The molecule has 1 unspecified atom stereocenters. The first-order valence-electron chi connectivity index (χ1n) is 6.39. The highest BCUT2D eigenvalue weighted by molar-refractivity contribution is 5.81. The van der Waals surface area contributed by atoms with Crippen LogP contribution in [0.25, 0.3) is 0 Å². The first-order chi connectivity index (χ1) is 8.58. The van der Waals surface area contributed by atoms with E-state index in [1.54, 1.807) is 6.92 Å². The predicted octanol–water partition coefficient (Wildman–Crippen LogP) is 1.75. The van der Waals surface area contributed by atoms with Gasteiger partial charge in [0, 0.05) is 17.6 Å². The molecule has 0 aliphatic heterocycles. The number of benzene rings is 1. The summed E-state index contributed by atoms with van der Waals surface area (Å²) >= 11 is 0. The van der Waals surface area contributed by atoms with E-state index in [4.69, 9.17) is 10.5 Å². The van der Waals surface area contributed by atoms with Crippen LogP contribution in [0.2, 0.25) is 0 Å². The summed E-state index contributed by atoms with van der Waals surface area (Å²) in [5.74, 6) is 0.628. The molecule has 0 saturated heterocycles. The van der Waals surface area contributed by atoms with Crippen molar-refractivity contribution >= 4 is 5.91 Å². The molecule has 1 aromatic rings. The number of para-hydroxylation sites is 1. The second-order valence-electron chi connectivity index (χ2n) is 4.87. The van der Waals surface area contributed by atoms with Gasteiger partial charge in [-0.1, -0.05) is 18.2 Å². The molecule has 1 fully saturated rings. The molecule has 0 spiro atoms. The molecule has 3 N–H and O–H groups in total. The fourth-order valence-corrected chi connectivity index (χ4v) is 1.75. The van der Waals surface area contributed by atoms with Gasteiger partial charge in [-0.2, -0.15) is 0 Å². The molecule has 0 radical (unpaired) electrons. The summed E-state index contributed by atoms with van der Waals surface area (Å²) in [4.78, 5) is 11.8. The second-order valence-corrected chi connectivity index (χ2v) is 4.87.